The van der Waals surface area contributed by atoms with Gasteiger partial charge in [0, 0.05) is 12.2 Å². The van der Waals surface area contributed by atoms with E-state index in [9.17, 15) is 4.79 Å². The summed E-state index contributed by atoms with van der Waals surface area (Å²) in [6.45, 7) is 2.55. The van der Waals surface area contributed by atoms with Crippen LogP contribution >= 0.6 is 0 Å². The largest absolute Gasteiger partial charge is 0.493 e. The van der Waals surface area contributed by atoms with Crippen molar-refractivity contribution >= 4 is 11.7 Å². The fourth-order valence-corrected chi connectivity index (χ4v) is 2.52. The van der Waals surface area contributed by atoms with Gasteiger partial charge in [0.2, 0.25) is 0 Å². The van der Waals surface area contributed by atoms with Gasteiger partial charge in [0.15, 0.2) is 11.5 Å². The van der Waals surface area contributed by atoms with Crippen molar-refractivity contribution in [3.05, 3.63) is 89.5 Å². The second kappa shape index (κ2) is 8.87. The SMILES string of the molecule is COc1cc(CNNc2ccccc2)ccc1OC(=O)c1ccc(C)cc1. The first-order valence-corrected chi connectivity index (χ1v) is 8.65. The molecule has 5 nitrogen and oxygen atoms in total. The van der Waals surface area contributed by atoms with Crippen LogP contribution in [-0.4, -0.2) is 13.1 Å². The number of aryl methyl sites for hydroxylation is 1. The molecule has 3 rings (SSSR count). The minimum atomic E-state index is -0.412. The first kappa shape index (κ1) is 18.5. The van der Waals surface area contributed by atoms with Crippen LogP contribution in [0, 0.1) is 6.92 Å². The van der Waals surface area contributed by atoms with E-state index in [0.717, 1.165) is 16.8 Å². The highest BCUT2D eigenvalue weighted by Gasteiger charge is 2.13. The Labute approximate surface area is 158 Å². The highest BCUT2D eigenvalue weighted by Crippen LogP contribution is 2.29. The zero-order chi connectivity index (χ0) is 19.1. The van der Waals surface area contributed by atoms with Gasteiger partial charge in [0.05, 0.1) is 12.7 Å². The monoisotopic (exact) mass is 362 g/mol. The molecule has 0 saturated heterocycles. The summed E-state index contributed by atoms with van der Waals surface area (Å²) in [5.41, 5.74) is 9.83. The number of para-hydroxylation sites is 1. The van der Waals surface area contributed by atoms with Crippen LogP contribution in [0.25, 0.3) is 0 Å². The normalized spacial score (nSPS) is 10.3. The Morgan fingerprint density at radius 1 is 0.926 bits per heavy atom. The maximum Gasteiger partial charge on any atom is 0.343 e. The Balaban J connectivity index is 1.63. The predicted octanol–water partition coefficient (Wildman–Crippen LogP) is 4.34. The molecule has 0 atom stereocenters. The topological polar surface area (TPSA) is 59.6 Å². The fraction of sp³-hybridized carbons (Fsp3) is 0.136. The number of benzene rings is 3. The van der Waals surface area contributed by atoms with Crippen molar-refractivity contribution in [2.75, 3.05) is 12.5 Å². The number of carbonyl (C=O) groups is 1. The lowest BCUT2D eigenvalue weighted by molar-refractivity contribution is 0.0729. The molecule has 0 radical (unpaired) electrons. The first-order chi connectivity index (χ1) is 13.2. The summed E-state index contributed by atoms with van der Waals surface area (Å²) >= 11 is 0. The van der Waals surface area contributed by atoms with Gasteiger partial charge in [-0.1, -0.05) is 42.0 Å². The molecule has 5 heteroatoms. The number of anilines is 1. The quantitative estimate of drug-likeness (QED) is 0.372. The summed E-state index contributed by atoms with van der Waals surface area (Å²) in [7, 11) is 1.55. The zero-order valence-electron chi connectivity index (χ0n) is 15.4. The maximum absolute atomic E-state index is 12.3. The van der Waals surface area contributed by atoms with E-state index in [1.54, 1.807) is 25.3 Å². The van der Waals surface area contributed by atoms with Gasteiger partial charge in [-0.2, -0.15) is 0 Å². The molecule has 0 aromatic heterocycles. The van der Waals surface area contributed by atoms with Gasteiger partial charge < -0.3 is 14.9 Å². The highest BCUT2D eigenvalue weighted by molar-refractivity contribution is 5.91. The lowest BCUT2D eigenvalue weighted by atomic mass is 10.1. The molecule has 0 heterocycles. The van der Waals surface area contributed by atoms with Gasteiger partial charge in [0.1, 0.15) is 0 Å². The van der Waals surface area contributed by atoms with E-state index in [-0.39, 0.29) is 0 Å². The molecule has 0 spiro atoms. The zero-order valence-corrected chi connectivity index (χ0v) is 15.4. The molecular formula is C22H22N2O3. The number of methoxy groups -OCH3 is 1. The van der Waals surface area contributed by atoms with Gasteiger partial charge in [-0.25, -0.2) is 10.2 Å². The van der Waals surface area contributed by atoms with E-state index in [2.05, 4.69) is 10.9 Å². The third kappa shape index (κ3) is 5.09. The summed E-state index contributed by atoms with van der Waals surface area (Å²) in [5.74, 6) is 0.488. The molecule has 0 aliphatic carbocycles. The molecule has 0 unspecified atom stereocenters. The van der Waals surface area contributed by atoms with Crippen LogP contribution in [0.15, 0.2) is 72.8 Å². The number of carbonyl (C=O) groups excluding carboxylic acids is 1. The van der Waals surface area contributed by atoms with Crippen LogP contribution in [0.3, 0.4) is 0 Å². The fourth-order valence-electron chi connectivity index (χ4n) is 2.52. The Hall–Kier alpha value is -3.31. The van der Waals surface area contributed by atoms with E-state index >= 15 is 0 Å². The molecule has 0 amide bonds. The minimum absolute atomic E-state index is 0.392. The highest BCUT2D eigenvalue weighted by atomic mass is 16.6. The number of ether oxygens (including phenoxy) is 2. The molecule has 0 bridgehead atoms. The Bertz CT molecular complexity index is 893. The van der Waals surface area contributed by atoms with Crippen molar-refractivity contribution in [2.45, 2.75) is 13.5 Å². The van der Waals surface area contributed by atoms with Crippen molar-refractivity contribution in [3.8, 4) is 11.5 Å². The van der Waals surface area contributed by atoms with Crippen LogP contribution in [-0.2, 0) is 6.54 Å². The standard InChI is InChI=1S/C22H22N2O3/c1-16-8-11-18(12-9-16)22(25)27-20-13-10-17(14-21(20)26-2)15-23-24-19-6-4-3-5-7-19/h3-14,23-24H,15H2,1-2H3. The van der Waals surface area contributed by atoms with E-state index < -0.39 is 5.97 Å². The summed E-state index contributed by atoms with van der Waals surface area (Å²) in [6, 6.07) is 22.6. The third-order valence-electron chi connectivity index (χ3n) is 4.02. The van der Waals surface area contributed by atoms with E-state index in [1.165, 1.54) is 0 Å². The predicted molar refractivity (Wildman–Crippen MR) is 106 cm³/mol. The molecular weight excluding hydrogens is 340 g/mol. The minimum Gasteiger partial charge on any atom is -0.493 e. The number of hydrazine groups is 1. The molecule has 3 aromatic carbocycles. The molecule has 2 N–H and O–H groups in total. The van der Waals surface area contributed by atoms with Gasteiger partial charge in [-0.15, -0.1) is 0 Å². The third-order valence-corrected chi connectivity index (χ3v) is 4.02. The van der Waals surface area contributed by atoms with Gasteiger partial charge in [-0.3, -0.25) is 0 Å². The molecule has 0 saturated carbocycles. The average molecular weight is 362 g/mol. The number of hydrogen-bond acceptors (Lipinski definition) is 5. The van der Waals surface area contributed by atoms with Gasteiger partial charge >= 0.3 is 5.97 Å². The lowest BCUT2D eigenvalue weighted by Crippen LogP contribution is -2.20. The Morgan fingerprint density at radius 3 is 2.37 bits per heavy atom. The average Bonchev–Trinajstić information content (AvgIpc) is 2.70. The second-order valence-corrected chi connectivity index (χ2v) is 6.09. The van der Waals surface area contributed by atoms with Crippen LogP contribution < -0.4 is 20.3 Å². The van der Waals surface area contributed by atoms with Crippen LogP contribution in [0.2, 0.25) is 0 Å². The molecule has 27 heavy (non-hydrogen) atoms. The number of rotatable bonds is 7. The molecule has 0 aliphatic rings. The van der Waals surface area contributed by atoms with Crippen molar-refractivity contribution in [3.63, 3.8) is 0 Å². The van der Waals surface area contributed by atoms with Crippen molar-refractivity contribution in [2.24, 2.45) is 0 Å². The summed E-state index contributed by atoms with van der Waals surface area (Å²) < 4.78 is 10.9. The van der Waals surface area contributed by atoms with E-state index in [4.69, 9.17) is 9.47 Å². The molecule has 3 aromatic rings. The van der Waals surface area contributed by atoms with Gasteiger partial charge in [-0.05, 0) is 48.9 Å². The van der Waals surface area contributed by atoms with Gasteiger partial charge in [0.25, 0.3) is 0 Å². The number of nitrogens with one attached hydrogen (secondary N) is 2. The van der Waals surface area contributed by atoms with Crippen molar-refractivity contribution in [1.82, 2.24) is 5.43 Å². The van der Waals surface area contributed by atoms with E-state index in [1.807, 2.05) is 61.5 Å². The Morgan fingerprint density at radius 2 is 1.67 bits per heavy atom. The van der Waals surface area contributed by atoms with Crippen molar-refractivity contribution in [1.29, 1.82) is 0 Å². The second-order valence-electron chi connectivity index (χ2n) is 6.09. The summed E-state index contributed by atoms with van der Waals surface area (Å²) in [4.78, 5) is 12.3. The van der Waals surface area contributed by atoms with Crippen LogP contribution in [0.4, 0.5) is 5.69 Å². The van der Waals surface area contributed by atoms with Crippen molar-refractivity contribution < 1.29 is 14.3 Å². The van der Waals surface area contributed by atoms with Crippen LogP contribution in [0.1, 0.15) is 21.5 Å². The summed E-state index contributed by atoms with van der Waals surface area (Å²) in [5, 5.41) is 0. The molecule has 0 aliphatic heterocycles. The Kier molecular flexibility index (Phi) is 6.07. The first-order valence-electron chi connectivity index (χ1n) is 8.65. The smallest absolute Gasteiger partial charge is 0.343 e. The van der Waals surface area contributed by atoms with E-state index in [0.29, 0.717) is 23.6 Å². The lowest BCUT2D eigenvalue weighted by Gasteiger charge is -2.12. The number of esters is 1. The number of hydrogen-bond donors (Lipinski definition) is 2. The molecule has 138 valence electrons. The maximum atomic E-state index is 12.3. The van der Waals surface area contributed by atoms with Crippen LogP contribution in [0.5, 0.6) is 11.5 Å². The summed E-state index contributed by atoms with van der Waals surface area (Å²) in [6.07, 6.45) is 0. The molecule has 0 fully saturated rings.